The van der Waals surface area contributed by atoms with Crippen molar-refractivity contribution in [2.75, 3.05) is 18.4 Å². The Balaban J connectivity index is 2.13. The maximum atomic E-state index is 12.8. The Kier molecular flexibility index (Phi) is 8.88. The van der Waals surface area contributed by atoms with E-state index in [2.05, 4.69) is 21.2 Å². The van der Waals surface area contributed by atoms with E-state index in [1.165, 1.54) is 16.4 Å². The average molecular weight is 497 g/mol. The van der Waals surface area contributed by atoms with E-state index >= 15 is 0 Å². The number of hydrogen-bond donors (Lipinski definition) is 1. The van der Waals surface area contributed by atoms with Gasteiger partial charge in [0.1, 0.15) is 5.75 Å². The molecule has 0 atom stereocenters. The van der Waals surface area contributed by atoms with Gasteiger partial charge in [-0.3, -0.25) is 4.79 Å². The summed E-state index contributed by atoms with van der Waals surface area (Å²) in [6.45, 7) is 8.74. The number of carbonyl (C=O) groups is 1. The molecule has 2 aromatic rings. The maximum Gasteiger partial charge on any atom is 0.255 e. The molecule has 0 aliphatic heterocycles. The Hall–Kier alpha value is -1.90. The van der Waals surface area contributed by atoms with E-state index in [1.807, 2.05) is 27.7 Å². The molecule has 1 amide bonds. The molecule has 0 aliphatic rings. The second-order valence-electron chi connectivity index (χ2n) is 7.19. The van der Waals surface area contributed by atoms with Crippen LogP contribution in [0.3, 0.4) is 0 Å². The lowest BCUT2D eigenvalue weighted by molar-refractivity contribution is 0.102. The molecule has 164 valence electrons. The van der Waals surface area contributed by atoms with Gasteiger partial charge in [-0.15, -0.1) is 0 Å². The van der Waals surface area contributed by atoms with E-state index in [4.69, 9.17) is 4.74 Å². The number of benzene rings is 2. The fraction of sp³-hybridized carbons (Fsp3) is 0.409. The van der Waals surface area contributed by atoms with Crippen LogP contribution in [-0.4, -0.2) is 37.8 Å². The maximum absolute atomic E-state index is 12.8. The van der Waals surface area contributed by atoms with Gasteiger partial charge >= 0.3 is 0 Å². The highest BCUT2D eigenvalue weighted by Crippen LogP contribution is 2.27. The number of nitrogens with zero attached hydrogens (tertiary/aromatic N) is 1. The van der Waals surface area contributed by atoms with E-state index < -0.39 is 10.0 Å². The lowest BCUT2D eigenvalue weighted by Crippen LogP contribution is -2.32. The van der Waals surface area contributed by atoms with Crippen molar-refractivity contribution in [2.24, 2.45) is 0 Å². The van der Waals surface area contributed by atoms with Gasteiger partial charge < -0.3 is 10.1 Å². The molecule has 2 aromatic carbocycles. The van der Waals surface area contributed by atoms with Crippen molar-refractivity contribution in [2.45, 2.75) is 51.5 Å². The predicted molar refractivity (Wildman–Crippen MR) is 124 cm³/mol. The smallest absolute Gasteiger partial charge is 0.255 e. The predicted octanol–water partition coefficient (Wildman–Crippen LogP) is 5.30. The normalized spacial score (nSPS) is 11.7. The molecule has 0 unspecified atom stereocenters. The third-order valence-corrected chi connectivity index (χ3v) is 6.79. The van der Waals surface area contributed by atoms with Crippen LogP contribution in [0.2, 0.25) is 0 Å². The van der Waals surface area contributed by atoms with Gasteiger partial charge in [-0.1, -0.05) is 13.8 Å². The van der Waals surface area contributed by atoms with Crippen molar-refractivity contribution < 1.29 is 17.9 Å². The molecule has 0 saturated carbocycles. The van der Waals surface area contributed by atoms with Crippen molar-refractivity contribution >= 4 is 37.5 Å². The van der Waals surface area contributed by atoms with Crippen molar-refractivity contribution in [3.05, 3.63) is 52.5 Å². The summed E-state index contributed by atoms with van der Waals surface area (Å²) in [5, 5.41) is 2.79. The van der Waals surface area contributed by atoms with Crippen molar-refractivity contribution in [1.29, 1.82) is 0 Å². The second-order valence-corrected chi connectivity index (χ2v) is 9.99. The summed E-state index contributed by atoms with van der Waals surface area (Å²) in [5.41, 5.74) is 0.988. The Morgan fingerprint density at radius 2 is 1.67 bits per heavy atom. The van der Waals surface area contributed by atoms with Crippen LogP contribution >= 0.6 is 15.9 Å². The first-order valence-electron chi connectivity index (χ1n) is 10.1. The summed E-state index contributed by atoms with van der Waals surface area (Å²) in [6, 6.07) is 11.4. The van der Waals surface area contributed by atoms with Crippen LogP contribution in [0.1, 0.15) is 50.9 Å². The number of hydrogen-bond acceptors (Lipinski definition) is 4. The Labute approximate surface area is 187 Å². The summed E-state index contributed by atoms with van der Waals surface area (Å²) in [4.78, 5) is 12.8. The molecule has 0 saturated heterocycles. The molecule has 1 N–H and O–H groups in total. The van der Waals surface area contributed by atoms with Crippen molar-refractivity contribution in [1.82, 2.24) is 4.31 Å². The molecule has 0 bridgehead atoms. The molecule has 8 heteroatoms. The summed E-state index contributed by atoms with van der Waals surface area (Å²) in [6.07, 6.45) is 1.54. The molecule has 30 heavy (non-hydrogen) atoms. The number of amides is 1. The van der Waals surface area contributed by atoms with Gasteiger partial charge in [-0.2, -0.15) is 4.31 Å². The summed E-state index contributed by atoms with van der Waals surface area (Å²) in [5.74, 6) is 0.376. The van der Waals surface area contributed by atoms with E-state index in [0.717, 1.165) is 12.8 Å². The third kappa shape index (κ3) is 6.30. The standard InChI is InChI=1S/C22H29BrN2O4S/c1-5-13-25(14-6-2)30(27,28)19-10-8-18(9-11-19)24-22(26)17-7-12-21(20(23)15-17)29-16(3)4/h7-12,15-16H,5-6,13-14H2,1-4H3,(H,24,26). The molecular weight excluding hydrogens is 468 g/mol. The SMILES string of the molecule is CCCN(CCC)S(=O)(=O)c1ccc(NC(=O)c2ccc(OC(C)C)c(Br)c2)cc1. The first-order valence-corrected chi connectivity index (χ1v) is 12.3. The van der Waals surface area contributed by atoms with E-state index in [0.29, 0.717) is 34.6 Å². The lowest BCUT2D eigenvalue weighted by atomic mass is 10.2. The van der Waals surface area contributed by atoms with Gasteiger partial charge in [0.25, 0.3) is 5.91 Å². The third-order valence-electron chi connectivity index (χ3n) is 4.25. The number of halogens is 1. The molecule has 2 rings (SSSR count). The molecule has 0 spiro atoms. The van der Waals surface area contributed by atoms with Gasteiger partial charge in [0.15, 0.2) is 0 Å². The number of ether oxygens (including phenoxy) is 1. The van der Waals surface area contributed by atoms with Crippen LogP contribution in [-0.2, 0) is 10.0 Å². The van der Waals surface area contributed by atoms with Crippen LogP contribution < -0.4 is 10.1 Å². The summed E-state index contributed by atoms with van der Waals surface area (Å²) >= 11 is 3.42. The minimum Gasteiger partial charge on any atom is -0.490 e. The Morgan fingerprint density at radius 1 is 1.07 bits per heavy atom. The van der Waals surface area contributed by atoms with Crippen LogP contribution in [0.5, 0.6) is 5.75 Å². The minimum atomic E-state index is -3.54. The zero-order valence-corrected chi connectivity index (χ0v) is 20.2. The quantitative estimate of drug-likeness (QED) is 0.484. The highest BCUT2D eigenvalue weighted by atomic mass is 79.9. The largest absolute Gasteiger partial charge is 0.490 e. The number of nitrogens with one attached hydrogen (secondary N) is 1. The monoisotopic (exact) mass is 496 g/mol. The number of anilines is 1. The molecule has 0 aliphatic carbocycles. The van der Waals surface area contributed by atoms with Crippen LogP contribution in [0.25, 0.3) is 0 Å². The van der Waals surface area contributed by atoms with Gasteiger partial charge in [-0.05, 0) is 85.1 Å². The first kappa shape index (κ1) is 24.4. The van der Waals surface area contributed by atoms with Crippen LogP contribution in [0.4, 0.5) is 5.69 Å². The molecular formula is C22H29BrN2O4S. The van der Waals surface area contributed by atoms with Gasteiger partial charge in [0.2, 0.25) is 10.0 Å². The molecule has 0 heterocycles. The molecule has 0 aromatic heterocycles. The lowest BCUT2D eigenvalue weighted by Gasteiger charge is -2.21. The van der Waals surface area contributed by atoms with E-state index in [9.17, 15) is 13.2 Å². The highest BCUT2D eigenvalue weighted by Gasteiger charge is 2.23. The summed E-state index contributed by atoms with van der Waals surface area (Å²) < 4.78 is 33.5. The fourth-order valence-corrected chi connectivity index (χ4v) is 5.00. The topological polar surface area (TPSA) is 75.7 Å². The molecule has 0 radical (unpaired) electrons. The summed E-state index contributed by atoms with van der Waals surface area (Å²) in [7, 11) is -3.54. The van der Waals surface area contributed by atoms with Gasteiger partial charge in [0.05, 0.1) is 15.5 Å². The Bertz CT molecular complexity index is 954. The van der Waals surface area contributed by atoms with Crippen molar-refractivity contribution in [3.8, 4) is 5.75 Å². The Morgan fingerprint density at radius 3 is 2.17 bits per heavy atom. The molecule has 0 fully saturated rings. The zero-order chi connectivity index (χ0) is 22.3. The number of sulfonamides is 1. The second kappa shape index (κ2) is 10.9. The zero-order valence-electron chi connectivity index (χ0n) is 17.8. The first-order chi connectivity index (χ1) is 14.2. The molecule has 6 nitrogen and oxygen atoms in total. The minimum absolute atomic E-state index is 0.0290. The van der Waals surface area contributed by atoms with Crippen LogP contribution in [0, 0.1) is 0 Å². The van der Waals surface area contributed by atoms with Crippen molar-refractivity contribution in [3.63, 3.8) is 0 Å². The number of rotatable bonds is 10. The van der Waals surface area contributed by atoms with Gasteiger partial charge in [-0.25, -0.2) is 8.42 Å². The van der Waals surface area contributed by atoms with E-state index in [-0.39, 0.29) is 16.9 Å². The highest BCUT2D eigenvalue weighted by molar-refractivity contribution is 9.10. The van der Waals surface area contributed by atoms with Crippen LogP contribution in [0.15, 0.2) is 51.8 Å². The average Bonchev–Trinajstić information content (AvgIpc) is 2.69. The number of carbonyl (C=O) groups excluding carboxylic acids is 1. The fourth-order valence-electron chi connectivity index (χ4n) is 2.91. The van der Waals surface area contributed by atoms with E-state index in [1.54, 1.807) is 30.3 Å². The van der Waals surface area contributed by atoms with Gasteiger partial charge in [0, 0.05) is 24.3 Å².